The maximum Gasteiger partial charge on any atom is 0.335 e. The molecule has 4 nitrogen and oxygen atoms in total. The van der Waals surface area contributed by atoms with Crippen LogP contribution >= 0.6 is 0 Å². The van der Waals surface area contributed by atoms with Crippen LogP contribution in [0.3, 0.4) is 0 Å². The molecule has 5 heteroatoms. The van der Waals surface area contributed by atoms with Gasteiger partial charge in [-0.05, 0) is 35.9 Å². The van der Waals surface area contributed by atoms with Crippen LogP contribution < -0.4 is 4.74 Å². The Bertz CT molecular complexity index is 623. The van der Waals surface area contributed by atoms with Crippen LogP contribution in [0, 0.1) is 5.82 Å². The zero-order chi connectivity index (χ0) is 15.2. The third-order valence-electron chi connectivity index (χ3n) is 2.93. The average molecular weight is 290 g/mol. The van der Waals surface area contributed by atoms with Gasteiger partial charge in [0.15, 0.2) is 0 Å². The molecule has 21 heavy (non-hydrogen) atoms. The van der Waals surface area contributed by atoms with Crippen LogP contribution in [-0.4, -0.2) is 31.4 Å². The summed E-state index contributed by atoms with van der Waals surface area (Å²) in [6.45, 7) is 0.688. The number of carboxylic acid groups (broad SMARTS) is 1. The van der Waals surface area contributed by atoms with Gasteiger partial charge >= 0.3 is 5.97 Å². The molecule has 0 aromatic heterocycles. The Labute approximate surface area is 121 Å². The highest BCUT2D eigenvalue weighted by Gasteiger charge is 2.11. The lowest BCUT2D eigenvalue weighted by Gasteiger charge is -2.12. The lowest BCUT2D eigenvalue weighted by molar-refractivity contribution is 0.0696. The molecule has 0 spiro atoms. The largest absolute Gasteiger partial charge is 0.491 e. The maximum absolute atomic E-state index is 13.0. The fourth-order valence-electron chi connectivity index (χ4n) is 1.88. The Balaban J connectivity index is 2.38. The summed E-state index contributed by atoms with van der Waals surface area (Å²) in [5, 5.41) is 9.05. The van der Waals surface area contributed by atoms with E-state index in [0.29, 0.717) is 24.5 Å². The molecule has 0 aliphatic rings. The van der Waals surface area contributed by atoms with Crippen LogP contribution in [0.25, 0.3) is 11.1 Å². The lowest BCUT2D eigenvalue weighted by atomic mass is 10.0. The predicted octanol–water partition coefficient (Wildman–Crippen LogP) is 3.22. The second-order valence-corrected chi connectivity index (χ2v) is 4.36. The molecule has 110 valence electrons. The molecule has 0 atom stereocenters. The normalized spacial score (nSPS) is 10.4. The van der Waals surface area contributed by atoms with E-state index in [2.05, 4.69) is 0 Å². The fourth-order valence-corrected chi connectivity index (χ4v) is 1.88. The molecule has 0 heterocycles. The number of halogens is 1. The van der Waals surface area contributed by atoms with Crippen molar-refractivity contribution < 1.29 is 23.8 Å². The first-order valence-electron chi connectivity index (χ1n) is 6.37. The van der Waals surface area contributed by atoms with Crippen LogP contribution in [0.2, 0.25) is 0 Å². The third-order valence-corrected chi connectivity index (χ3v) is 2.93. The van der Waals surface area contributed by atoms with E-state index in [0.717, 1.165) is 5.56 Å². The summed E-state index contributed by atoms with van der Waals surface area (Å²) in [5.41, 5.74) is 1.59. The molecule has 0 aliphatic carbocycles. The van der Waals surface area contributed by atoms with Crippen molar-refractivity contribution in [2.75, 3.05) is 20.3 Å². The number of carbonyl (C=O) groups is 1. The van der Waals surface area contributed by atoms with E-state index in [9.17, 15) is 9.18 Å². The fraction of sp³-hybridized carbons (Fsp3) is 0.188. The number of methoxy groups -OCH3 is 1. The first-order valence-corrected chi connectivity index (χ1v) is 6.37. The van der Waals surface area contributed by atoms with E-state index in [1.807, 2.05) is 0 Å². The number of rotatable bonds is 6. The van der Waals surface area contributed by atoms with E-state index in [-0.39, 0.29) is 11.4 Å². The molecule has 0 fully saturated rings. The van der Waals surface area contributed by atoms with Crippen molar-refractivity contribution in [3.8, 4) is 16.9 Å². The van der Waals surface area contributed by atoms with Crippen LogP contribution in [0.15, 0.2) is 42.5 Å². The summed E-state index contributed by atoms with van der Waals surface area (Å²) >= 11 is 0. The first-order chi connectivity index (χ1) is 10.1. The summed E-state index contributed by atoms with van der Waals surface area (Å²) < 4.78 is 23.5. The monoisotopic (exact) mass is 290 g/mol. The minimum atomic E-state index is -1.03. The summed E-state index contributed by atoms with van der Waals surface area (Å²) in [4.78, 5) is 11.0. The standard InChI is InChI=1S/C16H15FO4/c1-20-8-9-21-15-10-12(16(18)19)4-7-14(15)11-2-5-13(17)6-3-11/h2-7,10H,8-9H2,1H3,(H,18,19). The molecule has 0 unspecified atom stereocenters. The van der Waals surface area contributed by atoms with E-state index < -0.39 is 5.97 Å². The molecule has 0 bridgehead atoms. The van der Waals surface area contributed by atoms with E-state index in [1.54, 1.807) is 25.3 Å². The van der Waals surface area contributed by atoms with Crippen molar-refractivity contribution in [3.63, 3.8) is 0 Å². The highest BCUT2D eigenvalue weighted by atomic mass is 19.1. The summed E-state index contributed by atoms with van der Waals surface area (Å²) in [6, 6.07) is 10.5. The van der Waals surface area contributed by atoms with Gasteiger partial charge in [-0.3, -0.25) is 0 Å². The Morgan fingerprint density at radius 2 is 1.86 bits per heavy atom. The van der Waals surface area contributed by atoms with Gasteiger partial charge in [-0.2, -0.15) is 0 Å². The molecular formula is C16H15FO4. The van der Waals surface area contributed by atoms with Gasteiger partial charge in [-0.1, -0.05) is 12.1 Å². The van der Waals surface area contributed by atoms with E-state index in [1.165, 1.54) is 24.3 Å². The smallest absolute Gasteiger partial charge is 0.335 e. The van der Waals surface area contributed by atoms with Gasteiger partial charge in [0.1, 0.15) is 18.2 Å². The van der Waals surface area contributed by atoms with Crippen molar-refractivity contribution in [1.82, 2.24) is 0 Å². The second kappa shape index (κ2) is 6.85. The number of carboxylic acids is 1. The molecule has 2 aromatic rings. The molecule has 2 aromatic carbocycles. The highest BCUT2D eigenvalue weighted by Crippen LogP contribution is 2.31. The Hall–Kier alpha value is -2.40. The minimum absolute atomic E-state index is 0.133. The average Bonchev–Trinajstić information content (AvgIpc) is 2.48. The van der Waals surface area contributed by atoms with Crippen molar-refractivity contribution in [2.45, 2.75) is 0 Å². The summed E-state index contributed by atoms with van der Waals surface area (Å²) in [5.74, 6) is -0.932. The molecule has 0 saturated carbocycles. The third kappa shape index (κ3) is 3.79. The number of benzene rings is 2. The molecule has 2 rings (SSSR count). The lowest BCUT2D eigenvalue weighted by Crippen LogP contribution is -2.06. The van der Waals surface area contributed by atoms with Gasteiger partial charge in [-0.25, -0.2) is 9.18 Å². The highest BCUT2D eigenvalue weighted by molar-refractivity contribution is 5.89. The van der Waals surface area contributed by atoms with Crippen molar-refractivity contribution >= 4 is 5.97 Å². The van der Waals surface area contributed by atoms with E-state index in [4.69, 9.17) is 14.6 Å². The van der Waals surface area contributed by atoms with Gasteiger partial charge < -0.3 is 14.6 Å². The Kier molecular flexibility index (Phi) is 4.90. The SMILES string of the molecule is COCCOc1cc(C(=O)O)ccc1-c1ccc(F)cc1. The topological polar surface area (TPSA) is 55.8 Å². The second-order valence-electron chi connectivity index (χ2n) is 4.36. The molecule has 0 saturated heterocycles. The number of hydrogen-bond acceptors (Lipinski definition) is 3. The quantitative estimate of drug-likeness (QED) is 0.830. The Morgan fingerprint density at radius 1 is 1.14 bits per heavy atom. The van der Waals surface area contributed by atoms with Crippen LogP contribution in [0.4, 0.5) is 4.39 Å². The van der Waals surface area contributed by atoms with Crippen molar-refractivity contribution in [2.24, 2.45) is 0 Å². The van der Waals surface area contributed by atoms with Crippen molar-refractivity contribution in [3.05, 3.63) is 53.8 Å². The van der Waals surface area contributed by atoms with Gasteiger partial charge in [0.25, 0.3) is 0 Å². The Morgan fingerprint density at radius 3 is 2.48 bits per heavy atom. The summed E-state index contributed by atoms with van der Waals surface area (Å²) in [7, 11) is 1.55. The number of ether oxygens (including phenoxy) is 2. The summed E-state index contributed by atoms with van der Waals surface area (Å²) in [6.07, 6.45) is 0. The molecular weight excluding hydrogens is 275 g/mol. The van der Waals surface area contributed by atoms with Crippen LogP contribution in [-0.2, 0) is 4.74 Å². The number of hydrogen-bond donors (Lipinski definition) is 1. The molecule has 1 N–H and O–H groups in total. The van der Waals surface area contributed by atoms with E-state index >= 15 is 0 Å². The predicted molar refractivity (Wildman–Crippen MR) is 76.2 cm³/mol. The van der Waals surface area contributed by atoms with Gasteiger partial charge in [0.2, 0.25) is 0 Å². The van der Waals surface area contributed by atoms with Gasteiger partial charge in [0.05, 0.1) is 12.2 Å². The van der Waals surface area contributed by atoms with Gasteiger partial charge in [0, 0.05) is 12.7 Å². The molecule has 0 radical (unpaired) electrons. The zero-order valence-corrected chi connectivity index (χ0v) is 11.5. The minimum Gasteiger partial charge on any atom is -0.491 e. The van der Waals surface area contributed by atoms with Crippen LogP contribution in [0.5, 0.6) is 5.75 Å². The van der Waals surface area contributed by atoms with Crippen LogP contribution in [0.1, 0.15) is 10.4 Å². The van der Waals surface area contributed by atoms with Gasteiger partial charge in [-0.15, -0.1) is 0 Å². The molecule has 0 aliphatic heterocycles. The molecule has 0 amide bonds. The van der Waals surface area contributed by atoms with Crippen molar-refractivity contribution in [1.29, 1.82) is 0 Å². The zero-order valence-electron chi connectivity index (χ0n) is 11.5. The number of aromatic carboxylic acids is 1. The maximum atomic E-state index is 13.0. The first kappa shape index (κ1) is 15.0.